The largest absolute Gasteiger partial charge is 0.334 e. The van der Waals surface area contributed by atoms with Gasteiger partial charge in [-0.3, -0.25) is 4.79 Å². The first kappa shape index (κ1) is 18.4. The molecule has 1 atom stereocenters. The number of benzene rings is 1. The van der Waals surface area contributed by atoms with E-state index in [1.165, 1.54) is 22.5 Å². The Balaban J connectivity index is 1.53. The minimum Gasteiger partial charge on any atom is -0.334 e. The summed E-state index contributed by atoms with van der Waals surface area (Å²) in [6.45, 7) is 5.72. The van der Waals surface area contributed by atoms with Crippen molar-refractivity contribution in [2.24, 2.45) is 5.92 Å². The van der Waals surface area contributed by atoms with Crippen molar-refractivity contribution in [3.05, 3.63) is 46.5 Å². The Hall–Kier alpha value is -2.41. The number of carbonyl (C=O) groups excluding carboxylic acids is 2. The standard InChI is InChI=1S/C19H24N4O2S/c1-13-5-6-15(14(2)10-13)11-21-19(25)23-8-3-4-16(12-23)17(24)22-18-20-7-9-26-18/h5-7,9-10,16H,3-4,8,11-12H2,1-2H3,(H,21,25)(H,20,22,24)/t16-/m1/s1. The quantitative estimate of drug-likeness (QED) is 0.865. The highest BCUT2D eigenvalue weighted by molar-refractivity contribution is 7.13. The summed E-state index contributed by atoms with van der Waals surface area (Å²) in [7, 11) is 0. The molecule has 0 radical (unpaired) electrons. The van der Waals surface area contributed by atoms with Crippen LogP contribution in [0.25, 0.3) is 0 Å². The molecule has 0 unspecified atom stereocenters. The molecule has 1 aliphatic rings. The van der Waals surface area contributed by atoms with Gasteiger partial charge in [0.15, 0.2) is 5.13 Å². The topological polar surface area (TPSA) is 74.3 Å². The van der Waals surface area contributed by atoms with Crippen molar-refractivity contribution in [3.8, 4) is 0 Å². The molecular weight excluding hydrogens is 348 g/mol. The van der Waals surface area contributed by atoms with Crippen molar-refractivity contribution in [1.29, 1.82) is 0 Å². The Morgan fingerprint density at radius 3 is 2.92 bits per heavy atom. The Morgan fingerprint density at radius 2 is 2.19 bits per heavy atom. The monoisotopic (exact) mass is 372 g/mol. The Morgan fingerprint density at radius 1 is 1.35 bits per heavy atom. The lowest BCUT2D eigenvalue weighted by Crippen LogP contribution is -2.47. The zero-order valence-electron chi connectivity index (χ0n) is 15.1. The van der Waals surface area contributed by atoms with Crippen molar-refractivity contribution < 1.29 is 9.59 Å². The van der Waals surface area contributed by atoms with Crippen LogP contribution in [0.5, 0.6) is 0 Å². The summed E-state index contributed by atoms with van der Waals surface area (Å²) in [5.41, 5.74) is 3.49. The van der Waals surface area contributed by atoms with Crippen molar-refractivity contribution in [1.82, 2.24) is 15.2 Å². The van der Waals surface area contributed by atoms with Crippen LogP contribution in [0.4, 0.5) is 9.93 Å². The first-order valence-corrected chi connectivity index (χ1v) is 9.70. The van der Waals surface area contributed by atoms with Crippen LogP contribution in [0.1, 0.15) is 29.5 Å². The molecule has 0 saturated carbocycles. The number of piperidine rings is 1. The Kier molecular flexibility index (Phi) is 5.88. The highest BCUT2D eigenvalue weighted by Crippen LogP contribution is 2.20. The number of nitrogens with zero attached hydrogens (tertiary/aromatic N) is 2. The molecule has 26 heavy (non-hydrogen) atoms. The molecule has 3 amide bonds. The van der Waals surface area contributed by atoms with Crippen LogP contribution in [-0.4, -0.2) is 34.9 Å². The molecule has 6 nitrogen and oxygen atoms in total. The summed E-state index contributed by atoms with van der Waals surface area (Å²) in [6, 6.07) is 6.10. The van der Waals surface area contributed by atoms with Crippen molar-refractivity contribution in [2.45, 2.75) is 33.2 Å². The predicted octanol–water partition coefficient (Wildman–Crippen LogP) is 3.32. The number of likely N-dealkylation sites (tertiary alicyclic amines) is 1. The zero-order valence-corrected chi connectivity index (χ0v) is 15.9. The number of nitrogens with one attached hydrogen (secondary N) is 2. The van der Waals surface area contributed by atoms with Crippen LogP contribution in [0, 0.1) is 19.8 Å². The number of aromatic nitrogens is 1. The van der Waals surface area contributed by atoms with Gasteiger partial charge in [-0.25, -0.2) is 9.78 Å². The second-order valence-corrected chi connectivity index (χ2v) is 7.59. The van der Waals surface area contributed by atoms with E-state index in [-0.39, 0.29) is 17.9 Å². The average molecular weight is 372 g/mol. The predicted molar refractivity (Wildman–Crippen MR) is 103 cm³/mol. The van der Waals surface area contributed by atoms with Gasteiger partial charge in [-0.15, -0.1) is 11.3 Å². The van der Waals surface area contributed by atoms with Crippen LogP contribution < -0.4 is 10.6 Å². The van der Waals surface area contributed by atoms with Gasteiger partial charge in [0.2, 0.25) is 5.91 Å². The molecule has 0 aliphatic carbocycles. The minimum absolute atomic E-state index is 0.0631. The van der Waals surface area contributed by atoms with E-state index in [9.17, 15) is 9.59 Å². The lowest BCUT2D eigenvalue weighted by Gasteiger charge is -2.32. The van der Waals surface area contributed by atoms with Gasteiger partial charge in [0.05, 0.1) is 5.92 Å². The van der Waals surface area contributed by atoms with E-state index >= 15 is 0 Å². The van der Waals surface area contributed by atoms with E-state index in [2.05, 4.69) is 28.6 Å². The molecule has 0 spiro atoms. The summed E-state index contributed by atoms with van der Waals surface area (Å²) < 4.78 is 0. The first-order chi connectivity index (χ1) is 12.5. The number of hydrogen-bond donors (Lipinski definition) is 2. The average Bonchev–Trinajstić information content (AvgIpc) is 3.14. The minimum atomic E-state index is -0.195. The van der Waals surface area contributed by atoms with E-state index in [1.807, 2.05) is 24.4 Å². The zero-order chi connectivity index (χ0) is 18.5. The van der Waals surface area contributed by atoms with Crippen LogP contribution >= 0.6 is 11.3 Å². The fraction of sp³-hybridized carbons (Fsp3) is 0.421. The molecule has 1 aliphatic heterocycles. The normalized spacial score (nSPS) is 17.0. The smallest absolute Gasteiger partial charge is 0.317 e. The van der Waals surface area contributed by atoms with E-state index in [0.29, 0.717) is 24.8 Å². The number of aryl methyl sites for hydroxylation is 2. The number of rotatable bonds is 4. The van der Waals surface area contributed by atoms with E-state index < -0.39 is 0 Å². The van der Waals surface area contributed by atoms with Crippen molar-refractivity contribution in [2.75, 3.05) is 18.4 Å². The van der Waals surface area contributed by atoms with Gasteiger partial charge in [0.25, 0.3) is 0 Å². The van der Waals surface area contributed by atoms with Crippen LogP contribution in [0.3, 0.4) is 0 Å². The molecule has 3 rings (SSSR count). The Labute approximate surface area is 157 Å². The van der Waals surface area contributed by atoms with Gasteiger partial charge >= 0.3 is 6.03 Å². The number of amides is 3. The summed E-state index contributed by atoms with van der Waals surface area (Å²) >= 11 is 1.39. The molecule has 2 N–H and O–H groups in total. The fourth-order valence-corrected chi connectivity index (χ4v) is 3.73. The van der Waals surface area contributed by atoms with Crippen LogP contribution in [-0.2, 0) is 11.3 Å². The highest BCUT2D eigenvalue weighted by atomic mass is 32.1. The second kappa shape index (κ2) is 8.31. The molecule has 1 saturated heterocycles. The van der Waals surface area contributed by atoms with E-state index in [0.717, 1.165) is 18.4 Å². The number of thiazole rings is 1. The van der Waals surface area contributed by atoms with Gasteiger partial charge in [-0.2, -0.15) is 0 Å². The van der Waals surface area contributed by atoms with Gasteiger partial charge in [-0.1, -0.05) is 23.8 Å². The molecule has 7 heteroatoms. The highest BCUT2D eigenvalue weighted by Gasteiger charge is 2.28. The van der Waals surface area contributed by atoms with E-state index in [4.69, 9.17) is 0 Å². The maximum atomic E-state index is 12.5. The summed E-state index contributed by atoms with van der Waals surface area (Å²) in [5.74, 6) is -0.258. The lowest BCUT2D eigenvalue weighted by atomic mass is 9.97. The number of hydrogen-bond acceptors (Lipinski definition) is 4. The molecule has 1 aromatic carbocycles. The van der Waals surface area contributed by atoms with Crippen molar-refractivity contribution >= 4 is 28.4 Å². The number of carbonyl (C=O) groups is 2. The summed E-state index contributed by atoms with van der Waals surface area (Å²) in [6.07, 6.45) is 3.28. The molecule has 2 heterocycles. The molecule has 1 fully saturated rings. The van der Waals surface area contributed by atoms with Gasteiger partial charge < -0.3 is 15.5 Å². The van der Waals surface area contributed by atoms with Crippen LogP contribution in [0.15, 0.2) is 29.8 Å². The molecule has 0 bridgehead atoms. The molecular formula is C19H24N4O2S. The molecule has 2 aromatic rings. The summed E-state index contributed by atoms with van der Waals surface area (Å²) in [5, 5.41) is 8.24. The summed E-state index contributed by atoms with van der Waals surface area (Å²) in [4.78, 5) is 30.7. The first-order valence-electron chi connectivity index (χ1n) is 8.82. The molecule has 1 aromatic heterocycles. The van der Waals surface area contributed by atoms with Gasteiger partial charge in [0.1, 0.15) is 0 Å². The third-order valence-corrected chi connectivity index (χ3v) is 5.36. The number of anilines is 1. The second-order valence-electron chi connectivity index (χ2n) is 6.70. The van der Waals surface area contributed by atoms with Gasteiger partial charge in [-0.05, 0) is 37.8 Å². The van der Waals surface area contributed by atoms with Crippen molar-refractivity contribution in [3.63, 3.8) is 0 Å². The Bertz CT molecular complexity index is 776. The molecule has 138 valence electrons. The third-order valence-electron chi connectivity index (χ3n) is 4.67. The maximum Gasteiger partial charge on any atom is 0.317 e. The third kappa shape index (κ3) is 4.60. The lowest BCUT2D eigenvalue weighted by molar-refractivity contribution is -0.121. The van der Waals surface area contributed by atoms with Gasteiger partial charge in [0, 0.05) is 31.2 Å². The van der Waals surface area contributed by atoms with E-state index in [1.54, 1.807) is 11.1 Å². The maximum absolute atomic E-state index is 12.5. The van der Waals surface area contributed by atoms with Crippen LogP contribution in [0.2, 0.25) is 0 Å². The number of urea groups is 1. The fourth-order valence-electron chi connectivity index (χ4n) is 3.20. The SMILES string of the molecule is Cc1ccc(CNC(=O)N2CCC[C@@H](C(=O)Nc3nccs3)C2)c(C)c1.